The predicted octanol–water partition coefficient (Wildman–Crippen LogP) is 3.35. The Bertz CT molecular complexity index is 1510. The molecule has 3 heterocycles. The third kappa shape index (κ3) is 3.61. The zero-order chi connectivity index (χ0) is 24.1. The van der Waals surface area contributed by atoms with Crippen LogP contribution in [0.25, 0.3) is 21.9 Å². The van der Waals surface area contributed by atoms with Crippen LogP contribution in [0, 0.1) is 5.82 Å². The fourth-order valence-corrected chi connectivity index (χ4v) is 4.88. The van der Waals surface area contributed by atoms with Gasteiger partial charge >= 0.3 is 5.97 Å². The first-order valence-electron chi connectivity index (χ1n) is 11.0. The van der Waals surface area contributed by atoms with Gasteiger partial charge in [0.05, 0.1) is 17.6 Å². The van der Waals surface area contributed by atoms with E-state index in [9.17, 15) is 19.1 Å². The Morgan fingerprint density at radius 2 is 2.09 bits per heavy atom. The van der Waals surface area contributed by atoms with Gasteiger partial charge in [-0.05, 0) is 36.6 Å². The highest BCUT2D eigenvalue weighted by atomic mass is 35.5. The molecule has 3 N–H and O–H groups in total. The van der Waals surface area contributed by atoms with E-state index in [-0.39, 0.29) is 18.1 Å². The van der Waals surface area contributed by atoms with Crippen LogP contribution in [0.3, 0.4) is 0 Å². The topological polar surface area (TPSA) is 106 Å². The van der Waals surface area contributed by atoms with Crippen LogP contribution in [-0.4, -0.2) is 44.3 Å². The van der Waals surface area contributed by atoms with Gasteiger partial charge in [-0.1, -0.05) is 29.8 Å². The van der Waals surface area contributed by atoms with Gasteiger partial charge in [-0.25, -0.2) is 14.2 Å². The molecular formula is C24H23ClFN5O3. The van der Waals surface area contributed by atoms with Crippen molar-refractivity contribution in [1.82, 2.24) is 14.1 Å². The van der Waals surface area contributed by atoms with E-state index < -0.39 is 17.3 Å². The first-order chi connectivity index (χ1) is 16.3. The molecule has 1 atom stereocenters. The van der Waals surface area contributed by atoms with Crippen LogP contribution in [0.15, 0.2) is 41.2 Å². The summed E-state index contributed by atoms with van der Waals surface area (Å²) in [6.45, 7) is 1.57. The SMILES string of the molecule is Cn1c(=O)c2c(nc(N3CCC[C@@H](N)C3)n2Cc2ccccc2Cl)c2cc(F)c(C(=O)O)cc21. The third-order valence-corrected chi connectivity index (χ3v) is 6.78. The standard InChI is InChI=1S/C24H23ClFN5O3/c1-29-19-10-15(23(33)34)18(26)9-16(19)20-21(22(29)32)31(11-13-5-2-3-7-17(13)25)24(28-20)30-8-4-6-14(27)12-30/h2-3,5,7,9-10,14H,4,6,8,11-12,27H2,1H3,(H,33,34)/t14-/m1/s1. The fraction of sp³-hybridized carbons (Fsp3) is 0.292. The summed E-state index contributed by atoms with van der Waals surface area (Å²) in [5.74, 6) is -1.74. The number of pyridine rings is 1. The molecule has 0 radical (unpaired) electrons. The molecule has 0 unspecified atom stereocenters. The van der Waals surface area contributed by atoms with Crippen molar-refractivity contribution in [3.8, 4) is 0 Å². The van der Waals surface area contributed by atoms with Crippen LogP contribution in [0.1, 0.15) is 28.8 Å². The highest BCUT2D eigenvalue weighted by Crippen LogP contribution is 2.31. The van der Waals surface area contributed by atoms with Crippen molar-refractivity contribution in [2.45, 2.75) is 25.4 Å². The van der Waals surface area contributed by atoms with E-state index in [2.05, 4.69) is 0 Å². The summed E-state index contributed by atoms with van der Waals surface area (Å²) >= 11 is 6.43. The Hall–Kier alpha value is -3.43. The van der Waals surface area contributed by atoms with Crippen LogP contribution < -0.4 is 16.2 Å². The number of rotatable bonds is 4. The summed E-state index contributed by atoms with van der Waals surface area (Å²) in [4.78, 5) is 31.9. The van der Waals surface area contributed by atoms with Crippen molar-refractivity contribution in [3.05, 3.63) is 68.7 Å². The lowest BCUT2D eigenvalue weighted by molar-refractivity contribution is 0.0692. The number of carboxylic acids is 1. The molecule has 0 amide bonds. The van der Waals surface area contributed by atoms with E-state index in [1.54, 1.807) is 10.6 Å². The molecular weight excluding hydrogens is 461 g/mol. The van der Waals surface area contributed by atoms with Crippen molar-refractivity contribution in [1.29, 1.82) is 0 Å². The number of benzene rings is 2. The lowest BCUT2D eigenvalue weighted by atomic mass is 10.1. The molecule has 5 rings (SSSR count). The first-order valence-corrected chi connectivity index (χ1v) is 11.3. The van der Waals surface area contributed by atoms with Crippen molar-refractivity contribution >= 4 is 45.5 Å². The number of hydrogen-bond donors (Lipinski definition) is 2. The number of hydrogen-bond acceptors (Lipinski definition) is 5. The Labute approximate surface area is 199 Å². The minimum absolute atomic E-state index is 0.0301. The average Bonchev–Trinajstić information content (AvgIpc) is 3.18. The van der Waals surface area contributed by atoms with E-state index in [1.807, 2.05) is 23.1 Å². The largest absolute Gasteiger partial charge is 0.478 e. The molecule has 0 aliphatic carbocycles. The molecule has 0 saturated carbocycles. The normalized spacial score (nSPS) is 16.5. The van der Waals surface area contributed by atoms with Gasteiger partial charge in [0.15, 0.2) is 0 Å². The van der Waals surface area contributed by atoms with Crippen LogP contribution in [0.2, 0.25) is 5.02 Å². The van der Waals surface area contributed by atoms with Gasteiger partial charge in [0.2, 0.25) is 5.95 Å². The zero-order valence-corrected chi connectivity index (χ0v) is 19.2. The summed E-state index contributed by atoms with van der Waals surface area (Å²) in [6, 6.07) is 9.64. The van der Waals surface area contributed by atoms with Crippen molar-refractivity contribution in [2.24, 2.45) is 12.8 Å². The van der Waals surface area contributed by atoms with Crippen LogP contribution in [0.4, 0.5) is 10.3 Å². The quantitative estimate of drug-likeness (QED) is 0.461. The molecule has 4 aromatic rings. The molecule has 8 nitrogen and oxygen atoms in total. The number of piperidine rings is 1. The van der Waals surface area contributed by atoms with Crippen LogP contribution in [-0.2, 0) is 13.6 Å². The molecule has 0 bridgehead atoms. The molecule has 176 valence electrons. The van der Waals surface area contributed by atoms with E-state index in [1.165, 1.54) is 17.7 Å². The highest BCUT2D eigenvalue weighted by molar-refractivity contribution is 6.31. The number of nitrogens with two attached hydrogens (primary N) is 1. The van der Waals surface area contributed by atoms with Gasteiger partial charge in [0.1, 0.15) is 16.9 Å². The summed E-state index contributed by atoms with van der Waals surface area (Å²) in [5.41, 5.74) is 7.07. The molecule has 1 aliphatic rings. The number of aromatic nitrogens is 3. The number of fused-ring (bicyclic) bond motifs is 3. The van der Waals surface area contributed by atoms with Gasteiger partial charge in [-0.15, -0.1) is 0 Å². The number of nitrogens with zero attached hydrogens (tertiary/aromatic N) is 4. The smallest absolute Gasteiger partial charge is 0.338 e. The molecule has 0 spiro atoms. The molecule has 1 aliphatic heterocycles. The number of anilines is 1. The first kappa shape index (κ1) is 22.4. The molecule has 1 fully saturated rings. The summed E-state index contributed by atoms with van der Waals surface area (Å²) in [7, 11) is 1.54. The maximum atomic E-state index is 14.7. The predicted molar refractivity (Wildman–Crippen MR) is 129 cm³/mol. The minimum atomic E-state index is -1.40. The second-order valence-corrected chi connectivity index (χ2v) is 9.06. The second kappa shape index (κ2) is 8.41. The van der Waals surface area contributed by atoms with Crippen molar-refractivity contribution in [3.63, 3.8) is 0 Å². The van der Waals surface area contributed by atoms with Crippen molar-refractivity contribution in [2.75, 3.05) is 18.0 Å². The Balaban J connectivity index is 1.84. The number of halogens is 2. The highest BCUT2D eigenvalue weighted by Gasteiger charge is 2.27. The van der Waals surface area contributed by atoms with Gasteiger partial charge in [0, 0.05) is 36.6 Å². The molecule has 10 heteroatoms. The van der Waals surface area contributed by atoms with Crippen LogP contribution >= 0.6 is 11.6 Å². The summed E-state index contributed by atoms with van der Waals surface area (Å²) < 4.78 is 17.8. The second-order valence-electron chi connectivity index (χ2n) is 8.65. The van der Waals surface area contributed by atoms with E-state index in [4.69, 9.17) is 22.3 Å². The van der Waals surface area contributed by atoms with Gasteiger partial charge in [0.25, 0.3) is 5.56 Å². The number of aromatic carboxylic acids is 1. The third-order valence-electron chi connectivity index (χ3n) is 6.41. The Kier molecular flexibility index (Phi) is 5.53. The Morgan fingerprint density at radius 3 is 2.79 bits per heavy atom. The Morgan fingerprint density at radius 1 is 1.32 bits per heavy atom. The molecule has 2 aromatic heterocycles. The number of aryl methyl sites for hydroxylation is 1. The van der Waals surface area contributed by atoms with E-state index in [0.717, 1.165) is 31.0 Å². The number of carboxylic acid groups (broad SMARTS) is 1. The van der Waals surface area contributed by atoms with Gasteiger partial charge in [-0.3, -0.25) is 4.79 Å². The summed E-state index contributed by atoms with van der Waals surface area (Å²) in [6.07, 6.45) is 1.78. The maximum Gasteiger partial charge on any atom is 0.338 e. The van der Waals surface area contributed by atoms with E-state index in [0.29, 0.717) is 39.5 Å². The lowest BCUT2D eigenvalue weighted by Gasteiger charge is -2.32. The number of imidazole rings is 1. The monoisotopic (exact) mass is 483 g/mol. The number of carbonyl (C=O) groups is 1. The average molecular weight is 484 g/mol. The molecule has 1 saturated heterocycles. The van der Waals surface area contributed by atoms with Crippen LogP contribution in [0.5, 0.6) is 0 Å². The molecule has 34 heavy (non-hydrogen) atoms. The maximum absolute atomic E-state index is 14.7. The fourth-order valence-electron chi connectivity index (χ4n) is 4.69. The van der Waals surface area contributed by atoms with Gasteiger partial charge in [-0.2, -0.15) is 0 Å². The van der Waals surface area contributed by atoms with Crippen molar-refractivity contribution < 1.29 is 14.3 Å². The van der Waals surface area contributed by atoms with E-state index >= 15 is 0 Å². The lowest BCUT2D eigenvalue weighted by Crippen LogP contribution is -2.44. The van der Waals surface area contributed by atoms with Gasteiger partial charge < -0.3 is 24.9 Å². The molecule has 2 aromatic carbocycles. The zero-order valence-electron chi connectivity index (χ0n) is 18.5. The summed E-state index contributed by atoms with van der Waals surface area (Å²) in [5, 5.41) is 10.3. The minimum Gasteiger partial charge on any atom is -0.478 e.